The maximum atomic E-state index is 12.2. The molecule has 2 aromatic heterocycles. The van der Waals surface area contributed by atoms with Gasteiger partial charge in [0.05, 0.1) is 11.4 Å². The Balaban J connectivity index is 1.56. The van der Waals surface area contributed by atoms with Gasteiger partial charge in [-0.15, -0.1) is 0 Å². The van der Waals surface area contributed by atoms with Crippen LogP contribution in [0.5, 0.6) is 0 Å². The van der Waals surface area contributed by atoms with Crippen LogP contribution in [0, 0.1) is 0 Å². The van der Waals surface area contributed by atoms with Crippen LogP contribution < -0.4 is 10.2 Å². The lowest BCUT2D eigenvalue weighted by Crippen LogP contribution is -2.30. The SMILES string of the molecule is CN(CC(=O)OCC(=O)Nc1cc(Cl)ccc1-n1cncn1)c1ncccn1. The second kappa shape index (κ2) is 8.91. The summed E-state index contributed by atoms with van der Waals surface area (Å²) in [6, 6.07) is 6.59. The number of nitrogens with zero attached hydrogens (tertiary/aromatic N) is 6. The van der Waals surface area contributed by atoms with Gasteiger partial charge in [-0.05, 0) is 24.3 Å². The van der Waals surface area contributed by atoms with E-state index in [-0.39, 0.29) is 6.54 Å². The molecule has 0 atom stereocenters. The molecule has 3 aromatic rings. The lowest BCUT2D eigenvalue weighted by Gasteiger charge is -2.15. The topological polar surface area (TPSA) is 115 Å². The molecule has 11 heteroatoms. The summed E-state index contributed by atoms with van der Waals surface area (Å²) in [5.74, 6) is -0.733. The lowest BCUT2D eigenvalue weighted by atomic mass is 10.2. The molecule has 28 heavy (non-hydrogen) atoms. The monoisotopic (exact) mass is 401 g/mol. The van der Waals surface area contributed by atoms with E-state index in [9.17, 15) is 9.59 Å². The number of benzene rings is 1. The third-order valence-electron chi connectivity index (χ3n) is 3.52. The first-order chi connectivity index (χ1) is 13.5. The van der Waals surface area contributed by atoms with Crippen molar-refractivity contribution in [3.63, 3.8) is 0 Å². The van der Waals surface area contributed by atoms with Crippen LogP contribution in [0.2, 0.25) is 5.02 Å². The summed E-state index contributed by atoms with van der Waals surface area (Å²) in [6.45, 7) is -0.551. The summed E-state index contributed by atoms with van der Waals surface area (Å²) in [5.41, 5.74) is 0.983. The number of carbonyl (C=O) groups is 2. The molecule has 1 aromatic carbocycles. The Bertz CT molecular complexity index is 951. The second-order valence-corrected chi connectivity index (χ2v) is 6.05. The summed E-state index contributed by atoms with van der Waals surface area (Å²) in [4.78, 5) is 37.6. The minimum Gasteiger partial charge on any atom is -0.454 e. The molecule has 2 heterocycles. The van der Waals surface area contributed by atoms with E-state index >= 15 is 0 Å². The van der Waals surface area contributed by atoms with Crippen molar-refractivity contribution >= 4 is 35.1 Å². The van der Waals surface area contributed by atoms with Gasteiger partial charge < -0.3 is 15.0 Å². The minimum absolute atomic E-state index is 0.0985. The number of hydrogen-bond acceptors (Lipinski definition) is 8. The van der Waals surface area contributed by atoms with E-state index in [0.717, 1.165) is 0 Å². The summed E-state index contributed by atoms with van der Waals surface area (Å²) in [5, 5.41) is 7.11. The van der Waals surface area contributed by atoms with Crippen LogP contribution in [-0.2, 0) is 14.3 Å². The largest absolute Gasteiger partial charge is 0.454 e. The van der Waals surface area contributed by atoms with Gasteiger partial charge in [0, 0.05) is 24.5 Å². The van der Waals surface area contributed by atoms with E-state index in [0.29, 0.717) is 22.3 Å². The fourth-order valence-electron chi connectivity index (χ4n) is 2.27. The second-order valence-electron chi connectivity index (χ2n) is 5.62. The Morgan fingerprint density at radius 2 is 2.07 bits per heavy atom. The van der Waals surface area contributed by atoms with Crippen molar-refractivity contribution in [1.29, 1.82) is 0 Å². The molecule has 0 radical (unpaired) electrons. The number of ether oxygens (including phenoxy) is 1. The molecule has 0 bridgehead atoms. The van der Waals surface area contributed by atoms with Crippen molar-refractivity contribution < 1.29 is 14.3 Å². The van der Waals surface area contributed by atoms with Crippen LogP contribution in [0.15, 0.2) is 49.3 Å². The fourth-order valence-corrected chi connectivity index (χ4v) is 2.44. The number of esters is 1. The van der Waals surface area contributed by atoms with Gasteiger partial charge in [-0.3, -0.25) is 9.59 Å². The number of anilines is 2. The Labute approximate surface area is 165 Å². The zero-order valence-corrected chi connectivity index (χ0v) is 15.6. The summed E-state index contributed by atoms with van der Waals surface area (Å²) < 4.78 is 6.49. The number of halogens is 1. The van der Waals surface area contributed by atoms with Crippen LogP contribution in [-0.4, -0.2) is 56.8 Å². The molecule has 0 fully saturated rings. The zero-order chi connectivity index (χ0) is 19.9. The Hall–Kier alpha value is -3.53. The van der Waals surface area contributed by atoms with Gasteiger partial charge in [-0.1, -0.05) is 11.6 Å². The molecule has 10 nitrogen and oxygen atoms in total. The van der Waals surface area contributed by atoms with Crippen molar-refractivity contribution in [3.05, 3.63) is 54.3 Å². The van der Waals surface area contributed by atoms with Gasteiger partial charge in [-0.25, -0.2) is 19.6 Å². The molecule has 0 spiro atoms. The van der Waals surface area contributed by atoms with Crippen molar-refractivity contribution in [3.8, 4) is 5.69 Å². The Kier molecular flexibility index (Phi) is 6.12. The highest BCUT2D eigenvalue weighted by Crippen LogP contribution is 2.23. The molecule has 1 N–H and O–H groups in total. The van der Waals surface area contributed by atoms with Crippen molar-refractivity contribution in [2.75, 3.05) is 30.4 Å². The molecule has 1 amide bonds. The average molecular weight is 402 g/mol. The number of aromatic nitrogens is 5. The predicted molar refractivity (Wildman–Crippen MR) is 101 cm³/mol. The first-order valence-electron chi connectivity index (χ1n) is 8.11. The van der Waals surface area contributed by atoms with Crippen molar-refractivity contribution in [2.24, 2.45) is 0 Å². The number of carbonyl (C=O) groups excluding carboxylic acids is 2. The van der Waals surface area contributed by atoms with Crippen molar-refractivity contribution in [1.82, 2.24) is 24.7 Å². The van der Waals surface area contributed by atoms with E-state index in [4.69, 9.17) is 16.3 Å². The van der Waals surface area contributed by atoms with Crippen LogP contribution in [0.25, 0.3) is 5.69 Å². The van der Waals surface area contributed by atoms with Gasteiger partial charge in [0.2, 0.25) is 5.95 Å². The fraction of sp³-hybridized carbons (Fsp3) is 0.176. The molecular weight excluding hydrogens is 386 g/mol. The maximum Gasteiger partial charge on any atom is 0.326 e. The standard InChI is InChI=1S/C17H16ClN7O3/c1-24(17-20-5-2-6-21-17)8-16(27)28-9-15(26)23-13-7-12(18)3-4-14(13)25-11-19-10-22-25/h2-7,10-11H,8-9H2,1H3,(H,23,26). The van der Waals surface area contributed by atoms with Gasteiger partial charge in [0.15, 0.2) is 6.61 Å². The molecule has 0 aliphatic carbocycles. The number of nitrogens with one attached hydrogen (secondary N) is 1. The van der Waals surface area contributed by atoms with Crippen LogP contribution in [0.4, 0.5) is 11.6 Å². The van der Waals surface area contributed by atoms with E-state index in [2.05, 4.69) is 25.4 Å². The molecule has 0 aliphatic rings. The summed E-state index contributed by atoms with van der Waals surface area (Å²) >= 11 is 6.01. The van der Waals surface area contributed by atoms with E-state index in [1.54, 1.807) is 43.7 Å². The minimum atomic E-state index is -0.590. The highest BCUT2D eigenvalue weighted by molar-refractivity contribution is 6.31. The molecule has 0 saturated heterocycles. The zero-order valence-electron chi connectivity index (χ0n) is 14.8. The number of hydrogen-bond donors (Lipinski definition) is 1. The molecule has 144 valence electrons. The molecule has 3 rings (SSSR count). The van der Waals surface area contributed by atoms with Crippen LogP contribution in [0.3, 0.4) is 0 Å². The molecule has 0 unspecified atom stereocenters. The van der Waals surface area contributed by atoms with E-state index in [1.165, 1.54) is 22.2 Å². The highest BCUT2D eigenvalue weighted by Gasteiger charge is 2.14. The van der Waals surface area contributed by atoms with Crippen LogP contribution >= 0.6 is 11.6 Å². The first kappa shape index (κ1) is 19.2. The lowest BCUT2D eigenvalue weighted by molar-refractivity contribution is -0.145. The highest BCUT2D eigenvalue weighted by atomic mass is 35.5. The predicted octanol–water partition coefficient (Wildman–Crippen LogP) is 1.33. The smallest absolute Gasteiger partial charge is 0.326 e. The third kappa shape index (κ3) is 5.01. The quantitative estimate of drug-likeness (QED) is 0.589. The number of rotatable bonds is 7. The normalized spacial score (nSPS) is 10.4. The van der Waals surface area contributed by atoms with E-state index in [1.807, 2.05) is 0 Å². The van der Waals surface area contributed by atoms with Gasteiger partial charge in [-0.2, -0.15) is 5.10 Å². The van der Waals surface area contributed by atoms with Crippen molar-refractivity contribution in [2.45, 2.75) is 0 Å². The van der Waals surface area contributed by atoms with Crippen LogP contribution in [0.1, 0.15) is 0 Å². The molecule has 0 saturated carbocycles. The third-order valence-corrected chi connectivity index (χ3v) is 3.76. The Morgan fingerprint density at radius 3 is 2.79 bits per heavy atom. The summed E-state index contributed by atoms with van der Waals surface area (Å²) in [7, 11) is 1.65. The molecular formula is C17H16ClN7O3. The first-order valence-corrected chi connectivity index (χ1v) is 8.49. The molecule has 0 aliphatic heterocycles. The average Bonchev–Trinajstić information content (AvgIpc) is 3.22. The maximum absolute atomic E-state index is 12.2. The van der Waals surface area contributed by atoms with Gasteiger partial charge >= 0.3 is 5.97 Å². The number of likely N-dealkylation sites (N-methyl/N-ethyl adjacent to an activating group) is 1. The van der Waals surface area contributed by atoms with Gasteiger partial charge in [0.1, 0.15) is 19.2 Å². The Morgan fingerprint density at radius 1 is 1.29 bits per heavy atom. The van der Waals surface area contributed by atoms with Gasteiger partial charge in [0.25, 0.3) is 5.91 Å². The summed E-state index contributed by atoms with van der Waals surface area (Å²) in [6.07, 6.45) is 5.99. The number of amides is 1. The van der Waals surface area contributed by atoms with E-state index < -0.39 is 18.5 Å².